The molecule has 0 saturated heterocycles. The highest BCUT2D eigenvalue weighted by Gasteiger charge is 2.29. The standard InChI is InChI=1S/C15H29NO5S/c1-7-22(19,20)11-10-21-15(5,6)12-16(14(2,3)4)9-8-13(17)18/h7H,1,8-12H2,2-6H3,(H,17,18). The first-order valence-electron chi connectivity index (χ1n) is 7.25. The number of carbonyl (C=O) groups is 1. The minimum absolute atomic E-state index is 0.0538. The van der Waals surface area contributed by atoms with E-state index >= 15 is 0 Å². The molecule has 7 heteroatoms. The molecule has 0 unspecified atom stereocenters. The Balaban J connectivity index is 4.66. The molecular formula is C15H29NO5S. The van der Waals surface area contributed by atoms with Crippen molar-refractivity contribution < 1.29 is 23.1 Å². The smallest absolute Gasteiger partial charge is 0.304 e. The first kappa shape index (κ1) is 21.1. The van der Waals surface area contributed by atoms with Crippen LogP contribution in [-0.4, -0.2) is 61.0 Å². The Kier molecular flexibility index (Phi) is 7.74. The van der Waals surface area contributed by atoms with Crippen molar-refractivity contribution in [2.45, 2.75) is 52.2 Å². The molecule has 0 saturated carbocycles. The number of nitrogens with zero attached hydrogens (tertiary/aromatic N) is 1. The second kappa shape index (κ2) is 8.08. The van der Waals surface area contributed by atoms with E-state index in [0.29, 0.717) is 13.1 Å². The summed E-state index contributed by atoms with van der Waals surface area (Å²) in [6, 6.07) is 0. The van der Waals surface area contributed by atoms with E-state index in [4.69, 9.17) is 9.84 Å². The van der Waals surface area contributed by atoms with Crippen molar-refractivity contribution in [1.82, 2.24) is 4.90 Å². The summed E-state index contributed by atoms with van der Waals surface area (Å²) < 4.78 is 28.4. The largest absolute Gasteiger partial charge is 0.481 e. The molecule has 0 aliphatic heterocycles. The number of hydrogen-bond acceptors (Lipinski definition) is 5. The zero-order chi connectivity index (χ0) is 17.6. The molecule has 1 N–H and O–H groups in total. The van der Waals surface area contributed by atoms with Gasteiger partial charge in [0.05, 0.1) is 24.4 Å². The summed E-state index contributed by atoms with van der Waals surface area (Å²) in [5.74, 6) is -0.949. The number of carboxylic acids is 1. The fourth-order valence-corrected chi connectivity index (χ4v) is 2.39. The maximum Gasteiger partial charge on any atom is 0.304 e. The van der Waals surface area contributed by atoms with E-state index in [1.54, 1.807) is 0 Å². The Morgan fingerprint density at radius 2 is 1.82 bits per heavy atom. The lowest BCUT2D eigenvalue weighted by Crippen LogP contribution is -2.50. The summed E-state index contributed by atoms with van der Waals surface area (Å²) in [7, 11) is -3.27. The highest BCUT2D eigenvalue weighted by Crippen LogP contribution is 2.20. The molecule has 130 valence electrons. The van der Waals surface area contributed by atoms with Gasteiger partial charge in [0.25, 0.3) is 0 Å². The normalized spacial score (nSPS) is 13.4. The van der Waals surface area contributed by atoms with Gasteiger partial charge in [0.2, 0.25) is 0 Å². The fraction of sp³-hybridized carbons (Fsp3) is 0.800. The van der Waals surface area contributed by atoms with Gasteiger partial charge in [-0.1, -0.05) is 6.58 Å². The molecule has 0 aliphatic rings. The van der Waals surface area contributed by atoms with E-state index in [1.165, 1.54) is 0 Å². The second-order valence-electron chi connectivity index (χ2n) is 6.88. The maximum absolute atomic E-state index is 11.4. The minimum Gasteiger partial charge on any atom is -0.481 e. The molecule has 0 heterocycles. The summed E-state index contributed by atoms with van der Waals surface area (Å²) in [6.45, 7) is 14.0. The summed E-state index contributed by atoms with van der Waals surface area (Å²) >= 11 is 0. The molecular weight excluding hydrogens is 306 g/mol. The molecule has 0 atom stereocenters. The Bertz CT molecular complexity index is 477. The van der Waals surface area contributed by atoms with Gasteiger partial charge in [0.1, 0.15) is 0 Å². The Hall–Kier alpha value is -0.920. The van der Waals surface area contributed by atoms with Crippen LogP contribution < -0.4 is 0 Å². The Morgan fingerprint density at radius 1 is 1.27 bits per heavy atom. The van der Waals surface area contributed by atoms with Crippen molar-refractivity contribution in [2.24, 2.45) is 0 Å². The Labute approximate surface area is 134 Å². The molecule has 0 radical (unpaired) electrons. The molecule has 0 aromatic carbocycles. The van der Waals surface area contributed by atoms with Gasteiger partial charge in [-0.05, 0) is 34.6 Å². The molecule has 0 aliphatic carbocycles. The lowest BCUT2D eigenvalue weighted by Gasteiger charge is -2.40. The molecule has 0 rings (SSSR count). The van der Waals surface area contributed by atoms with E-state index in [-0.39, 0.29) is 24.3 Å². The van der Waals surface area contributed by atoms with Crippen molar-refractivity contribution in [1.29, 1.82) is 0 Å². The SMILES string of the molecule is C=CS(=O)(=O)CCOC(C)(C)CN(CCC(=O)O)C(C)(C)C. The van der Waals surface area contributed by atoms with E-state index in [1.807, 2.05) is 39.5 Å². The zero-order valence-corrected chi connectivity index (χ0v) is 15.1. The van der Waals surface area contributed by atoms with Gasteiger partial charge in [0, 0.05) is 24.0 Å². The number of ether oxygens (including phenoxy) is 1. The van der Waals surface area contributed by atoms with E-state index in [2.05, 4.69) is 6.58 Å². The quantitative estimate of drug-likeness (QED) is 0.656. The Morgan fingerprint density at radius 3 is 2.23 bits per heavy atom. The maximum atomic E-state index is 11.4. The van der Waals surface area contributed by atoms with Crippen LogP contribution in [0.5, 0.6) is 0 Å². The lowest BCUT2D eigenvalue weighted by atomic mass is 10.0. The first-order valence-corrected chi connectivity index (χ1v) is 8.97. The third-order valence-electron chi connectivity index (χ3n) is 3.23. The summed E-state index contributed by atoms with van der Waals surface area (Å²) in [5.41, 5.74) is -0.786. The minimum atomic E-state index is -3.27. The van der Waals surface area contributed by atoms with E-state index in [9.17, 15) is 13.2 Å². The van der Waals surface area contributed by atoms with Crippen LogP contribution >= 0.6 is 0 Å². The van der Waals surface area contributed by atoms with Crippen molar-refractivity contribution in [3.8, 4) is 0 Å². The molecule has 0 bridgehead atoms. The number of hydrogen-bond donors (Lipinski definition) is 1. The average molecular weight is 335 g/mol. The lowest BCUT2D eigenvalue weighted by molar-refractivity contribution is -0.138. The van der Waals surface area contributed by atoms with Crippen LogP contribution in [0.25, 0.3) is 0 Å². The number of sulfone groups is 1. The summed E-state index contributed by atoms with van der Waals surface area (Å²) in [6.07, 6.45) is 0.0538. The number of rotatable bonds is 10. The summed E-state index contributed by atoms with van der Waals surface area (Å²) in [4.78, 5) is 12.8. The number of carboxylic acid groups (broad SMARTS) is 1. The highest BCUT2D eigenvalue weighted by molar-refractivity contribution is 7.94. The van der Waals surface area contributed by atoms with Gasteiger partial charge in [-0.25, -0.2) is 8.42 Å². The summed E-state index contributed by atoms with van der Waals surface area (Å²) in [5, 5.41) is 9.78. The second-order valence-corrected chi connectivity index (χ2v) is 8.95. The zero-order valence-electron chi connectivity index (χ0n) is 14.3. The average Bonchev–Trinajstić information content (AvgIpc) is 2.32. The van der Waals surface area contributed by atoms with Crippen LogP contribution in [0.2, 0.25) is 0 Å². The molecule has 0 fully saturated rings. The van der Waals surface area contributed by atoms with Crippen LogP contribution in [0.15, 0.2) is 12.0 Å². The van der Waals surface area contributed by atoms with Crippen LogP contribution in [0.1, 0.15) is 41.0 Å². The molecule has 0 amide bonds. The van der Waals surface area contributed by atoms with Gasteiger partial charge >= 0.3 is 5.97 Å². The van der Waals surface area contributed by atoms with Crippen molar-refractivity contribution in [2.75, 3.05) is 25.4 Å². The van der Waals surface area contributed by atoms with Crippen molar-refractivity contribution >= 4 is 15.8 Å². The predicted octanol–water partition coefficient (Wildman–Crippen LogP) is 1.92. The van der Waals surface area contributed by atoms with Crippen LogP contribution in [0, 0.1) is 0 Å². The monoisotopic (exact) mass is 335 g/mol. The van der Waals surface area contributed by atoms with Gasteiger partial charge in [-0.3, -0.25) is 9.69 Å². The molecule has 6 nitrogen and oxygen atoms in total. The van der Waals surface area contributed by atoms with Gasteiger partial charge < -0.3 is 9.84 Å². The third kappa shape index (κ3) is 9.17. The van der Waals surface area contributed by atoms with Crippen molar-refractivity contribution in [3.63, 3.8) is 0 Å². The van der Waals surface area contributed by atoms with Crippen LogP contribution in [0.4, 0.5) is 0 Å². The molecule has 22 heavy (non-hydrogen) atoms. The molecule has 0 aromatic rings. The van der Waals surface area contributed by atoms with Gasteiger partial charge in [0.15, 0.2) is 9.84 Å². The van der Waals surface area contributed by atoms with E-state index in [0.717, 1.165) is 5.41 Å². The predicted molar refractivity (Wildman–Crippen MR) is 87.6 cm³/mol. The van der Waals surface area contributed by atoms with Crippen LogP contribution in [-0.2, 0) is 19.4 Å². The van der Waals surface area contributed by atoms with Gasteiger partial charge in [-0.15, -0.1) is 0 Å². The van der Waals surface area contributed by atoms with Gasteiger partial charge in [-0.2, -0.15) is 0 Å². The molecule has 0 spiro atoms. The number of aliphatic carboxylic acids is 1. The third-order valence-corrected chi connectivity index (χ3v) is 4.47. The first-order chi connectivity index (χ1) is 9.79. The fourth-order valence-electron chi connectivity index (χ4n) is 1.90. The molecule has 0 aromatic heterocycles. The highest BCUT2D eigenvalue weighted by atomic mass is 32.2. The topological polar surface area (TPSA) is 83.9 Å². The van der Waals surface area contributed by atoms with E-state index < -0.39 is 21.4 Å². The van der Waals surface area contributed by atoms with Crippen molar-refractivity contribution in [3.05, 3.63) is 12.0 Å². The van der Waals surface area contributed by atoms with Crippen LogP contribution in [0.3, 0.4) is 0 Å².